The standard InChI is InChI=1S/C18H18O5/c1-12(19)15-9-8-14(10-16(15)18(20)22-3)23-11-13-6-4-5-7-17(13)21-2/h4-10H,11H2,1-3H3. The van der Waals surface area contributed by atoms with Crippen molar-refractivity contribution in [1.29, 1.82) is 0 Å². The highest BCUT2D eigenvalue weighted by molar-refractivity contribution is 6.05. The fraction of sp³-hybridized carbons (Fsp3) is 0.222. The zero-order valence-corrected chi connectivity index (χ0v) is 13.3. The van der Waals surface area contributed by atoms with Gasteiger partial charge in [-0.15, -0.1) is 0 Å². The number of Topliss-reactive ketones (excluding diaryl/α,β-unsaturated/α-hetero) is 1. The van der Waals surface area contributed by atoms with Crippen LogP contribution in [0.15, 0.2) is 42.5 Å². The molecule has 23 heavy (non-hydrogen) atoms. The van der Waals surface area contributed by atoms with Gasteiger partial charge in [0.05, 0.1) is 19.8 Å². The van der Waals surface area contributed by atoms with Crippen LogP contribution >= 0.6 is 0 Å². The Balaban J connectivity index is 2.24. The topological polar surface area (TPSA) is 61.8 Å². The summed E-state index contributed by atoms with van der Waals surface area (Å²) in [6, 6.07) is 12.2. The van der Waals surface area contributed by atoms with Crippen LogP contribution in [-0.4, -0.2) is 26.0 Å². The van der Waals surface area contributed by atoms with E-state index in [0.29, 0.717) is 11.3 Å². The summed E-state index contributed by atoms with van der Waals surface area (Å²) < 4.78 is 15.7. The molecule has 0 aliphatic carbocycles. The van der Waals surface area contributed by atoms with E-state index in [1.807, 2.05) is 24.3 Å². The SMILES string of the molecule is COC(=O)c1cc(OCc2ccccc2OC)ccc1C(C)=O. The summed E-state index contributed by atoms with van der Waals surface area (Å²) in [6.45, 7) is 1.68. The Bertz CT molecular complexity index is 721. The zero-order chi connectivity index (χ0) is 16.8. The van der Waals surface area contributed by atoms with E-state index in [1.165, 1.54) is 20.1 Å². The van der Waals surface area contributed by atoms with E-state index >= 15 is 0 Å². The van der Waals surface area contributed by atoms with Gasteiger partial charge >= 0.3 is 5.97 Å². The minimum atomic E-state index is -0.571. The van der Waals surface area contributed by atoms with Crippen molar-refractivity contribution in [3.8, 4) is 11.5 Å². The van der Waals surface area contributed by atoms with Crippen LogP contribution in [0.25, 0.3) is 0 Å². The Morgan fingerprint density at radius 3 is 2.39 bits per heavy atom. The maximum atomic E-state index is 11.8. The van der Waals surface area contributed by atoms with E-state index in [1.54, 1.807) is 19.2 Å². The van der Waals surface area contributed by atoms with Crippen molar-refractivity contribution in [3.05, 3.63) is 59.2 Å². The molecule has 0 N–H and O–H groups in total. The summed E-state index contributed by atoms with van der Waals surface area (Å²) >= 11 is 0. The molecule has 0 unspecified atom stereocenters. The maximum Gasteiger partial charge on any atom is 0.338 e. The predicted octanol–water partition coefficient (Wildman–Crippen LogP) is 3.26. The fourth-order valence-electron chi connectivity index (χ4n) is 2.18. The number of hydrogen-bond acceptors (Lipinski definition) is 5. The molecule has 0 bridgehead atoms. The van der Waals surface area contributed by atoms with Gasteiger partial charge in [0.25, 0.3) is 0 Å². The first-order valence-electron chi connectivity index (χ1n) is 7.04. The highest BCUT2D eigenvalue weighted by Gasteiger charge is 2.16. The van der Waals surface area contributed by atoms with E-state index in [-0.39, 0.29) is 18.0 Å². The lowest BCUT2D eigenvalue weighted by atomic mass is 10.0. The Morgan fingerprint density at radius 2 is 1.74 bits per heavy atom. The molecule has 0 saturated carbocycles. The van der Waals surface area contributed by atoms with Gasteiger partial charge in [-0.2, -0.15) is 0 Å². The Morgan fingerprint density at radius 1 is 1.00 bits per heavy atom. The quantitative estimate of drug-likeness (QED) is 0.605. The minimum Gasteiger partial charge on any atom is -0.496 e. The number of rotatable bonds is 6. The van der Waals surface area contributed by atoms with Gasteiger partial charge in [-0.05, 0) is 31.2 Å². The van der Waals surface area contributed by atoms with Crippen LogP contribution in [0.1, 0.15) is 33.2 Å². The molecule has 0 aliphatic heterocycles. The third kappa shape index (κ3) is 3.88. The lowest BCUT2D eigenvalue weighted by Gasteiger charge is -2.12. The van der Waals surface area contributed by atoms with E-state index in [4.69, 9.17) is 14.2 Å². The molecule has 5 nitrogen and oxygen atoms in total. The molecule has 0 spiro atoms. The average Bonchev–Trinajstić information content (AvgIpc) is 2.59. The first-order valence-corrected chi connectivity index (χ1v) is 7.04. The summed E-state index contributed by atoms with van der Waals surface area (Å²) in [5.41, 5.74) is 1.38. The van der Waals surface area contributed by atoms with Crippen LogP contribution in [0.2, 0.25) is 0 Å². The second-order valence-corrected chi connectivity index (χ2v) is 4.86. The van der Waals surface area contributed by atoms with E-state index in [2.05, 4.69) is 0 Å². The lowest BCUT2D eigenvalue weighted by Crippen LogP contribution is -2.09. The van der Waals surface area contributed by atoms with Gasteiger partial charge in [0.15, 0.2) is 5.78 Å². The monoisotopic (exact) mass is 314 g/mol. The summed E-state index contributed by atoms with van der Waals surface area (Å²) in [5, 5.41) is 0. The number of hydrogen-bond donors (Lipinski definition) is 0. The molecule has 0 radical (unpaired) electrons. The number of carbonyl (C=O) groups excluding carboxylic acids is 2. The average molecular weight is 314 g/mol. The third-order valence-corrected chi connectivity index (χ3v) is 3.36. The molecule has 2 aromatic carbocycles. The van der Waals surface area contributed by atoms with Gasteiger partial charge in [-0.25, -0.2) is 4.79 Å². The first kappa shape index (κ1) is 16.5. The van der Waals surface area contributed by atoms with Gasteiger partial charge in [0, 0.05) is 11.1 Å². The van der Waals surface area contributed by atoms with Crippen molar-refractivity contribution in [3.63, 3.8) is 0 Å². The van der Waals surface area contributed by atoms with Crippen molar-refractivity contribution in [2.24, 2.45) is 0 Å². The molecule has 0 saturated heterocycles. The molecule has 0 fully saturated rings. The van der Waals surface area contributed by atoms with Crippen molar-refractivity contribution >= 4 is 11.8 Å². The fourth-order valence-corrected chi connectivity index (χ4v) is 2.18. The second-order valence-electron chi connectivity index (χ2n) is 4.86. The summed E-state index contributed by atoms with van der Waals surface area (Å²) in [4.78, 5) is 23.4. The van der Waals surface area contributed by atoms with Crippen LogP contribution in [0.4, 0.5) is 0 Å². The molecule has 5 heteroatoms. The minimum absolute atomic E-state index is 0.192. The Kier molecular flexibility index (Phi) is 5.36. The van der Waals surface area contributed by atoms with Crippen LogP contribution in [0.3, 0.4) is 0 Å². The number of carbonyl (C=O) groups is 2. The van der Waals surface area contributed by atoms with Crippen LogP contribution in [-0.2, 0) is 11.3 Å². The number of esters is 1. The summed E-state index contributed by atoms with van der Waals surface area (Å²) in [5.74, 6) is 0.418. The van der Waals surface area contributed by atoms with Crippen molar-refractivity contribution in [2.75, 3.05) is 14.2 Å². The second kappa shape index (κ2) is 7.45. The lowest BCUT2D eigenvalue weighted by molar-refractivity contribution is 0.0596. The van der Waals surface area contributed by atoms with E-state index < -0.39 is 5.97 Å². The number of methoxy groups -OCH3 is 2. The molecular formula is C18H18O5. The van der Waals surface area contributed by atoms with E-state index in [0.717, 1.165) is 11.3 Å². The van der Waals surface area contributed by atoms with Gasteiger partial charge in [-0.1, -0.05) is 18.2 Å². The van der Waals surface area contributed by atoms with Crippen LogP contribution in [0, 0.1) is 0 Å². The van der Waals surface area contributed by atoms with E-state index in [9.17, 15) is 9.59 Å². The summed E-state index contributed by atoms with van der Waals surface area (Å²) in [6.07, 6.45) is 0. The van der Waals surface area contributed by atoms with Gasteiger partial charge in [0.1, 0.15) is 18.1 Å². The molecule has 2 aromatic rings. The molecule has 120 valence electrons. The normalized spacial score (nSPS) is 10.0. The molecule has 0 aromatic heterocycles. The van der Waals surface area contributed by atoms with Gasteiger partial charge < -0.3 is 14.2 Å². The molecular weight excluding hydrogens is 296 g/mol. The molecule has 2 rings (SSSR count). The highest BCUT2D eigenvalue weighted by Crippen LogP contribution is 2.23. The molecule has 0 aliphatic rings. The number of para-hydroxylation sites is 1. The predicted molar refractivity (Wildman–Crippen MR) is 85.1 cm³/mol. The van der Waals surface area contributed by atoms with Crippen molar-refractivity contribution in [2.45, 2.75) is 13.5 Å². The van der Waals surface area contributed by atoms with Crippen molar-refractivity contribution < 1.29 is 23.8 Å². The maximum absolute atomic E-state index is 11.8. The largest absolute Gasteiger partial charge is 0.496 e. The smallest absolute Gasteiger partial charge is 0.338 e. The van der Waals surface area contributed by atoms with Crippen molar-refractivity contribution in [1.82, 2.24) is 0 Å². The summed E-state index contributed by atoms with van der Waals surface area (Å²) in [7, 11) is 2.87. The van der Waals surface area contributed by atoms with Gasteiger partial charge in [-0.3, -0.25) is 4.79 Å². The Labute approximate surface area is 134 Å². The highest BCUT2D eigenvalue weighted by atomic mass is 16.5. The number of ether oxygens (including phenoxy) is 3. The third-order valence-electron chi connectivity index (χ3n) is 3.36. The number of benzene rings is 2. The van der Waals surface area contributed by atoms with Crippen LogP contribution < -0.4 is 9.47 Å². The molecule has 0 atom stereocenters. The first-order chi connectivity index (χ1) is 11.1. The molecule has 0 amide bonds. The van der Waals surface area contributed by atoms with Gasteiger partial charge in [0.2, 0.25) is 0 Å². The Hall–Kier alpha value is -2.82. The van der Waals surface area contributed by atoms with Crippen LogP contribution in [0.5, 0.6) is 11.5 Å². The zero-order valence-electron chi connectivity index (χ0n) is 13.3. The number of ketones is 1. The molecule has 0 heterocycles.